The highest BCUT2D eigenvalue weighted by Crippen LogP contribution is 2.27. The van der Waals surface area contributed by atoms with Gasteiger partial charge in [0.15, 0.2) is 0 Å². The number of hydrogen-bond donors (Lipinski definition) is 1. The zero-order chi connectivity index (χ0) is 18.8. The molecule has 2 aromatic rings. The van der Waals surface area contributed by atoms with E-state index < -0.39 is 0 Å². The molecule has 1 aliphatic heterocycles. The lowest BCUT2D eigenvalue weighted by Crippen LogP contribution is -2.50. The predicted molar refractivity (Wildman–Crippen MR) is 111 cm³/mol. The van der Waals surface area contributed by atoms with Crippen LogP contribution in [0.25, 0.3) is 0 Å². The minimum absolute atomic E-state index is 0. The van der Waals surface area contributed by atoms with Crippen LogP contribution < -0.4 is 5.73 Å². The van der Waals surface area contributed by atoms with Gasteiger partial charge in [0.05, 0.1) is 15.6 Å². The zero-order valence-corrected chi connectivity index (χ0v) is 17.1. The molecule has 0 unspecified atom stereocenters. The van der Waals surface area contributed by atoms with E-state index in [1.807, 2.05) is 13.0 Å². The normalized spacial score (nSPS) is 13.9. The third kappa shape index (κ3) is 4.49. The highest BCUT2D eigenvalue weighted by atomic mass is 35.5. The van der Waals surface area contributed by atoms with Crippen LogP contribution >= 0.6 is 35.6 Å². The lowest BCUT2D eigenvalue weighted by atomic mass is 10.1. The number of carbonyl (C=O) groups excluding carboxylic acids is 2. The van der Waals surface area contributed by atoms with Gasteiger partial charge in [0.2, 0.25) is 0 Å². The summed E-state index contributed by atoms with van der Waals surface area (Å²) in [5, 5.41) is 0.608. The molecule has 2 N–H and O–H groups in total. The first-order chi connectivity index (χ1) is 12.4. The van der Waals surface area contributed by atoms with Crippen molar-refractivity contribution >= 4 is 53.1 Å². The lowest BCUT2D eigenvalue weighted by molar-refractivity contribution is 0.0535. The molecule has 0 spiro atoms. The first-order valence-electron chi connectivity index (χ1n) is 8.27. The average Bonchev–Trinajstić information content (AvgIpc) is 2.65. The molecule has 0 radical (unpaired) electrons. The van der Waals surface area contributed by atoms with E-state index >= 15 is 0 Å². The van der Waals surface area contributed by atoms with Gasteiger partial charge < -0.3 is 15.5 Å². The zero-order valence-electron chi connectivity index (χ0n) is 14.7. The van der Waals surface area contributed by atoms with Gasteiger partial charge in [-0.25, -0.2) is 0 Å². The molecule has 0 saturated carbocycles. The summed E-state index contributed by atoms with van der Waals surface area (Å²) in [6, 6.07) is 10.3. The SMILES string of the molecule is Cc1ccc(N)cc1C(=O)N1CCN(C(=O)c2cccc(Cl)c2Cl)CC1.Cl. The molecule has 1 fully saturated rings. The molecule has 0 aliphatic carbocycles. The Kier molecular flexibility index (Phi) is 6.98. The summed E-state index contributed by atoms with van der Waals surface area (Å²) in [6.45, 7) is 3.67. The fraction of sp³-hybridized carbons (Fsp3) is 0.263. The number of nitrogens with two attached hydrogens (primary N) is 1. The van der Waals surface area contributed by atoms with Crippen molar-refractivity contribution in [2.45, 2.75) is 6.92 Å². The Morgan fingerprint density at radius 2 is 1.48 bits per heavy atom. The maximum atomic E-state index is 12.7. The van der Waals surface area contributed by atoms with Crippen LogP contribution in [0.15, 0.2) is 36.4 Å². The highest BCUT2D eigenvalue weighted by Gasteiger charge is 2.27. The molecular weight excluding hydrogens is 409 g/mol. The molecule has 1 aliphatic rings. The van der Waals surface area contributed by atoms with Gasteiger partial charge in [-0.1, -0.05) is 35.3 Å². The van der Waals surface area contributed by atoms with Crippen molar-refractivity contribution < 1.29 is 9.59 Å². The van der Waals surface area contributed by atoms with Crippen molar-refractivity contribution in [1.82, 2.24) is 9.80 Å². The second-order valence-corrected chi connectivity index (χ2v) is 7.05. The fourth-order valence-corrected chi connectivity index (χ4v) is 3.37. The van der Waals surface area contributed by atoms with E-state index in [2.05, 4.69) is 0 Å². The molecule has 27 heavy (non-hydrogen) atoms. The first-order valence-corrected chi connectivity index (χ1v) is 9.02. The van der Waals surface area contributed by atoms with Crippen LogP contribution in [0, 0.1) is 6.92 Å². The number of anilines is 1. The van der Waals surface area contributed by atoms with Crippen LogP contribution in [0.2, 0.25) is 10.0 Å². The number of piperazine rings is 1. The summed E-state index contributed by atoms with van der Waals surface area (Å²) in [7, 11) is 0. The molecule has 2 amide bonds. The van der Waals surface area contributed by atoms with Gasteiger partial charge in [-0.05, 0) is 36.8 Å². The quantitative estimate of drug-likeness (QED) is 0.738. The maximum Gasteiger partial charge on any atom is 0.255 e. The fourth-order valence-electron chi connectivity index (χ4n) is 2.99. The van der Waals surface area contributed by atoms with E-state index in [4.69, 9.17) is 28.9 Å². The summed E-state index contributed by atoms with van der Waals surface area (Å²) < 4.78 is 0. The minimum atomic E-state index is -0.176. The Morgan fingerprint density at radius 1 is 0.926 bits per heavy atom. The van der Waals surface area contributed by atoms with Crippen molar-refractivity contribution in [3.63, 3.8) is 0 Å². The number of amides is 2. The molecule has 144 valence electrons. The maximum absolute atomic E-state index is 12.7. The third-order valence-electron chi connectivity index (χ3n) is 4.53. The number of nitrogen functional groups attached to an aromatic ring is 1. The van der Waals surface area contributed by atoms with Gasteiger partial charge in [-0.2, -0.15) is 0 Å². The predicted octanol–water partition coefficient (Wildman–Crippen LogP) is 3.90. The van der Waals surface area contributed by atoms with Gasteiger partial charge in [0.25, 0.3) is 11.8 Å². The molecule has 3 rings (SSSR count). The molecule has 0 atom stereocenters. The Morgan fingerprint density at radius 3 is 2.07 bits per heavy atom. The largest absolute Gasteiger partial charge is 0.399 e. The van der Waals surface area contributed by atoms with E-state index in [1.54, 1.807) is 40.1 Å². The topological polar surface area (TPSA) is 66.6 Å². The molecule has 0 bridgehead atoms. The molecule has 0 aromatic heterocycles. The van der Waals surface area contributed by atoms with Crippen LogP contribution in [-0.4, -0.2) is 47.8 Å². The van der Waals surface area contributed by atoms with Crippen LogP contribution in [0.4, 0.5) is 5.69 Å². The van der Waals surface area contributed by atoms with Crippen molar-refractivity contribution in [1.29, 1.82) is 0 Å². The minimum Gasteiger partial charge on any atom is -0.399 e. The van der Waals surface area contributed by atoms with E-state index in [0.29, 0.717) is 48.0 Å². The number of halogens is 3. The van der Waals surface area contributed by atoms with Crippen LogP contribution in [0.1, 0.15) is 26.3 Å². The number of nitrogens with zero attached hydrogens (tertiary/aromatic N) is 2. The highest BCUT2D eigenvalue weighted by molar-refractivity contribution is 6.43. The summed E-state index contributed by atoms with van der Waals surface area (Å²) in [6.07, 6.45) is 0. The second kappa shape index (κ2) is 8.83. The molecule has 1 saturated heterocycles. The Hall–Kier alpha value is -1.95. The van der Waals surface area contributed by atoms with Gasteiger partial charge in [-0.3, -0.25) is 9.59 Å². The van der Waals surface area contributed by atoms with Gasteiger partial charge in [0, 0.05) is 37.4 Å². The number of benzene rings is 2. The van der Waals surface area contributed by atoms with Gasteiger partial charge >= 0.3 is 0 Å². The molecule has 8 heteroatoms. The van der Waals surface area contributed by atoms with Crippen LogP contribution in [0.3, 0.4) is 0 Å². The summed E-state index contributed by atoms with van der Waals surface area (Å²) in [5.41, 5.74) is 8.22. The summed E-state index contributed by atoms with van der Waals surface area (Å²) >= 11 is 12.1. The van der Waals surface area contributed by atoms with Crippen molar-refractivity contribution in [3.8, 4) is 0 Å². The van der Waals surface area contributed by atoms with Gasteiger partial charge in [0.1, 0.15) is 0 Å². The molecule has 2 aromatic carbocycles. The standard InChI is InChI=1S/C19H19Cl2N3O2.ClH/c1-12-5-6-13(22)11-15(12)19(26)24-9-7-23(8-10-24)18(25)14-3-2-4-16(20)17(14)21;/h2-6,11H,7-10,22H2,1H3;1H. The van der Waals surface area contributed by atoms with E-state index in [1.165, 1.54) is 0 Å². The van der Waals surface area contributed by atoms with Crippen molar-refractivity contribution in [2.75, 3.05) is 31.9 Å². The van der Waals surface area contributed by atoms with Crippen molar-refractivity contribution in [3.05, 3.63) is 63.1 Å². The van der Waals surface area contributed by atoms with Crippen LogP contribution in [0.5, 0.6) is 0 Å². The summed E-state index contributed by atoms with van der Waals surface area (Å²) in [4.78, 5) is 28.9. The van der Waals surface area contributed by atoms with E-state index in [-0.39, 0.29) is 29.2 Å². The smallest absolute Gasteiger partial charge is 0.255 e. The number of carbonyl (C=O) groups is 2. The molecule has 5 nitrogen and oxygen atoms in total. The number of aryl methyl sites for hydroxylation is 1. The Balaban J connectivity index is 0.00000261. The van der Waals surface area contributed by atoms with Crippen molar-refractivity contribution in [2.24, 2.45) is 0 Å². The molecule has 1 heterocycles. The molecular formula is C19H20Cl3N3O2. The van der Waals surface area contributed by atoms with E-state index in [9.17, 15) is 9.59 Å². The third-order valence-corrected chi connectivity index (χ3v) is 5.35. The lowest BCUT2D eigenvalue weighted by Gasteiger charge is -2.35. The van der Waals surface area contributed by atoms with Crippen LogP contribution in [-0.2, 0) is 0 Å². The number of hydrogen-bond acceptors (Lipinski definition) is 3. The second-order valence-electron chi connectivity index (χ2n) is 6.26. The Labute approximate surface area is 174 Å². The monoisotopic (exact) mass is 427 g/mol. The first kappa shape index (κ1) is 21.4. The van der Waals surface area contributed by atoms with Gasteiger partial charge in [-0.15, -0.1) is 12.4 Å². The summed E-state index contributed by atoms with van der Waals surface area (Å²) in [5.74, 6) is -0.243. The number of rotatable bonds is 2. The Bertz CT molecular complexity index is 843. The van der Waals surface area contributed by atoms with E-state index in [0.717, 1.165) is 5.56 Å². The average molecular weight is 429 g/mol.